The highest BCUT2D eigenvalue weighted by atomic mass is 16.4. The lowest BCUT2D eigenvalue weighted by Gasteiger charge is -2.28. The fourth-order valence-electron chi connectivity index (χ4n) is 2.19. The number of aryl methyl sites for hydroxylation is 1. The minimum Gasteiger partial charge on any atom is -0.481 e. The summed E-state index contributed by atoms with van der Waals surface area (Å²) >= 11 is 0. The number of anilines is 1. The molecule has 0 aliphatic heterocycles. The van der Waals surface area contributed by atoms with Gasteiger partial charge in [-0.15, -0.1) is 0 Å². The van der Waals surface area contributed by atoms with E-state index in [1.165, 1.54) is 0 Å². The summed E-state index contributed by atoms with van der Waals surface area (Å²) < 4.78 is 5.37. The Labute approximate surface area is 128 Å². The first-order valence-corrected chi connectivity index (χ1v) is 7.13. The molecular formula is C16H20N2O4. The molecule has 1 aromatic carbocycles. The molecule has 6 nitrogen and oxygen atoms in total. The standard InChI is InChI=1S/C16H20N2O4/c1-9(2)16(4,15(20)21)8-14(19)18-11-5-6-13-12(7-11)17-10(3)22-13/h5-7,9H,8H2,1-4H3,(H,18,19)(H,20,21)/t16-/m0/s1. The molecule has 1 heterocycles. The molecule has 0 saturated carbocycles. The van der Waals surface area contributed by atoms with E-state index in [4.69, 9.17) is 4.42 Å². The highest BCUT2D eigenvalue weighted by Crippen LogP contribution is 2.32. The maximum Gasteiger partial charge on any atom is 0.310 e. The fourth-order valence-corrected chi connectivity index (χ4v) is 2.19. The Bertz CT molecular complexity index is 720. The molecular weight excluding hydrogens is 284 g/mol. The summed E-state index contributed by atoms with van der Waals surface area (Å²) in [4.78, 5) is 27.8. The number of hydrogen-bond donors (Lipinski definition) is 2. The Kier molecular flexibility index (Phi) is 4.21. The number of rotatable bonds is 5. The molecule has 0 spiro atoms. The van der Waals surface area contributed by atoms with Gasteiger partial charge in [-0.05, 0) is 31.0 Å². The number of amides is 1. The van der Waals surface area contributed by atoms with Crippen LogP contribution in [0.15, 0.2) is 22.6 Å². The van der Waals surface area contributed by atoms with Crippen molar-refractivity contribution in [2.45, 2.75) is 34.1 Å². The first-order chi connectivity index (χ1) is 10.2. The van der Waals surface area contributed by atoms with E-state index >= 15 is 0 Å². The monoisotopic (exact) mass is 304 g/mol. The minimum atomic E-state index is -1.10. The van der Waals surface area contributed by atoms with Gasteiger partial charge >= 0.3 is 5.97 Å². The van der Waals surface area contributed by atoms with E-state index in [9.17, 15) is 14.7 Å². The molecule has 0 bridgehead atoms. The van der Waals surface area contributed by atoms with Crippen molar-refractivity contribution in [3.05, 3.63) is 24.1 Å². The lowest BCUT2D eigenvalue weighted by atomic mass is 9.76. The molecule has 1 amide bonds. The van der Waals surface area contributed by atoms with Crippen LogP contribution in [0.3, 0.4) is 0 Å². The maximum atomic E-state index is 12.2. The normalized spacial score (nSPS) is 14.0. The van der Waals surface area contributed by atoms with Crippen molar-refractivity contribution in [1.82, 2.24) is 4.98 Å². The van der Waals surface area contributed by atoms with Crippen LogP contribution in [0, 0.1) is 18.3 Å². The quantitative estimate of drug-likeness (QED) is 0.884. The second kappa shape index (κ2) is 5.79. The van der Waals surface area contributed by atoms with E-state index < -0.39 is 11.4 Å². The number of nitrogens with zero attached hydrogens (tertiary/aromatic N) is 1. The number of oxazole rings is 1. The van der Waals surface area contributed by atoms with Gasteiger partial charge in [-0.2, -0.15) is 0 Å². The van der Waals surface area contributed by atoms with E-state index in [0.29, 0.717) is 22.7 Å². The van der Waals surface area contributed by atoms with Gasteiger partial charge in [0.2, 0.25) is 5.91 Å². The Morgan fingerprint density at radius 1 is 1.41 bits per heavy atom. The molecule has 2 N–H and O–H groups in total. The number of carboxylic acid groups (broad SMARTS) is 1. The molecule has 1 atom stereocenters. The van der Waals surface area contributed by atoms with E-state index in [1.54, 1.807) is 45.9 Å². The van der Waals surface area contributed by atoms with E-state index in [1.807, 2.05) is 0 Å². The molecule has 2 aromatic rings. The zero-order valence-corrected chi connectivity index (χ0v) is 13.1. The van der Waals surface area contributed by atoms with Gasteiger partial charge in [-0.1, -0.05) is 13.8 Å². The molecule has 1 aromatic heterocycles. The number of benzene rings is 1. The number of carbonyl (C=O) groups excluding carboxylic acids is 1. The van der Waals surface area contributed by atoms with Crippen LogP contribution in [0.25, 0.3) is 11.1 Å². The summed E-state index contributed by atoms with van der Waals surface area (Å²) in [6.07, 6.45) is -0.0874. The third-order valence-corrected chi connectivity index (χ3v) is 4.07. The van der Waals surface area contributed by atoms with Gasteiger partial charge in [-0.25, -0.2) is 4.98 Å². The summed E-state index contributed by atoms with van der Waals surface area (Å²) in [6.45, 7) is 6.93. The van der Waals surface area contributed by atoms with Gasteiger partial charge in [0, 0.05) is 19.0 Å². The lowest BCUT2D eigenvalue weighted by Crippen LogP contribution is -2.37. The van der Waals surface area contributed by atoms with Gasteiger partial charge in [0.1, 0.15) is 5.52 Å². The molecule has 118 valence electrons. The summed E-state index contributed by atoms with van der Waals surface area (Å²) in [5.74, 6) is -0.911. The van der Waals surface area contributed by atoms with Crippen molar-refractivity contribution in [3.8, 4) is 0 Å². The number of fused-ring (bicyclic) bond motifs is 1. The van der Waals surface area contributed by atoms with Crippen LogP contribution < -0.4 is 5.32 Å². The number of aromatic nitrogens is 1. The Morgan fingerprint density at radius 3 is 2.68 bits per heavy atom. The van der Waals surface area contributed by atoms with Crippen molar-refractivity contribution in [1.29, 1.82) is 0 Å². The van der Waals surface area contributed by atoms with Gasteiger partial charge in [0.05, 0.1) is 5.41 Å². The number of carbonyl (C=O) groups is 2. The highest BCUT2D eigenvalue weighted by Gasteiger charge is 2.38. The number of aliphatic carboxylic acids is 1. The molecule has 6 heteroatoms. The average Bonchev–Trinajstić information content (AvgIpc) is 2.77. The van der Waals surface area contributed by atoms with Crippen LogP contribution in [0.4, 0.5) is 5.69 Å². The van der Waals surface area contributed by atoms with Gasteiger partial charge in [-0.3, -0.25) is 9.59 Å². The maximum absolute atomic E-state index is 12.2. The van der Waals surface area contributed by atoms with Crippen molar-refractivity contribution in [2.75, 3.05) is 5.32 Å². The summed E-state index contributed by atoms with van der Waals surface area (Å²) in [6, 6.07) is 5.14. The Hall–Kier alpha value is -2.37. The summed E-state index contributed by atoms with van der Waals surface area (Å²) in [5.41, 5.74) is 0.772. The number of hydrogen-bond acceptors (Lipinski definition) is 4. The molecule has 0 radical (unpaired) electrons. The Balaban J connectivity index is 2.14. The first-order valence-electron chi connectivity index (χ1n) is 7.13. The third kappa shape index (κ3) is 3.10. The van der Waals surface area contributed by atoms with Crippen molar-refractivity contribution in [2.24, 2.45) is 11.3 Å². The molecule has 0 aliphatic rings. The molecule has 0 aliphatic carbocycles. The molecule has 0 unspecified atom stereocenters. The molecule has 2 rings (SSSR count). The zero-order valence-electron chi connectivity index (χ0n) is 13.1. The van der Waals surface area contributed by atoms with Crippen molar-refractivity contribution < 1.29 is 19.1 Å². The second-order valence-electron chi connectivity index (χ2n) is 6.02. The fraction of sp³-hybridized carbons (Fsp3) is 0.438. The van der Waals surface area contributed by atoms with Gasteiger partial charge in [0.25, 0.3) is 0 Å². The average molecular weight is 304 g/mol. The number of nitrogens with one attached hydrogen (secondary N) is 1. The van der Waals surface area contributed by atoms with Crippen molar-refractivity contribution in [3.63, 3.8) is 0 Å². The predicted molar refractivity (Wildman–Crippen MR) is 82.6 cm³/mol. The second-order valence-corrected chi connectivity index (χ2v) is 6.02. The van der Waals surface area contributed by atoms with Crippen LogP contribution >= 0.6 is 0 Å². The molecule has 0 saturated heterocycles. The van der Waals surface area contributed by atoms with Crippen LogP contribution in [-0.4, -0.2) is 22.0 Å². The number of carboxylic acids is 1. The Morgan fingerprint density at radius 2 is 2.09 bits per heavy atom. The topological polar surface area (TPSA) is 92.4 Å². The summed E-state index contributed by atoms with van der Waals surface area (Å²) in [5, 5.41) is 12.1. The van der Waals surface area contributed by atoms with Crippen LogP contribution in [-0.2, 0) is 9.59 Å². The van der Waals surface area contributed by atoms with Crippen molar-refractivity contribution >= 4 is 28.7 Å². The highest BCUT2D eigenvalue weighted by molar-refractivity contribution is 5.95. The first kappa shape index (κ1) is 16.0. The van der Waals surface area contributed by atoms with E-state index in [0.717, 1.165) is 0 Å². The van der Waals surface area contributed by atoms with Crippen LogP contribution in [0.1, 0.15) is 33.1 Å². The van der Waals surface area contributed by atoms with Crippen LogP contribution in [0.2, 0.25) is 0 Å². The van der Waals surface area contributed by atoms with Crippen LogP contribution in [0.5, 0.6) is 0 Å². The molecule has 0 fully saturated rings. The lowest BCUT2D eigenvalue weighted by molar-refractivity contribution is -0.153. The predicted octanol–water partition coefficient (Wildman–Crippen LogP) is 3.21. The largest absolute Gasteiger partial charge is 0.481 e. The van der Waals surface area contributed by atoms with Gasteiger partial charge < -0.3 is 14.8 Å². The third-order valence-electron chi connectivity index (χ3n) is 4.07. The SMILES string of the molecule is Cc1nc2cc(NC(=O)C[C@](C)(C(=O)O)C(C)C)ccc2o1. The smallest absolute Gasteiger partial charge is 0.310 e. The van der Waals surface area contributed by atoms with Gasteiger partial charge in [0.15, 0.2) is 11.5 Å². The van der Waals surface area contributed by atoms with E-state index in [-0.39, 0.29) is 18.2 Å². The summed E-state index contributed by atoms with van der Waals surface area (Å²) in [7, 11) is 0. The van der Waals surface area contributed by atoms with E-state index in [2.05, 4.69) is 10.3 Å². The molecule has 22 heavy (non-hydrogen) atoms. The minimum absolute atomic E-state index is 0.0874. The zero-order chi connectivity index (χ0) is 16.5.